The van der Waals surface area contributed by atoms with Crippen LogP contribution in [0.3, 0.4) is 0 Å². The van der Waals surface area contributed by atoms with Gasteiger partial charge < -0.3 is 5.32 Å². The number of anilines is 1. The molecule has 0 unspecified atom stereocenters. The van der Waals surface area contributed by atoms with E-state index in [1.807, 2.05) is 0 Å². The first kappa shape index (κ1) is 23.4. The number of rotatable bonds is 10. The molecule has 2 aromatic carbocycles. The molecule has 0 bridgehead atoms. The minimum Gasteiger partial charge on any atom is -0.320 e. The smallest absolute Gasteiger partial charge is 0.295 e. The van der Waals surface area contributed by atoms with Gasteiger partial charge in [0.15, 0.2) is 5.16 Å². The highest BCUT2D eigenvalue weighted by molar-refractivity contribution is 7.99. The molecule has 0 aliphatic heterocycles. The fourth-order valence-electron chi connectivity index (χ4n) is 3.23. The molecular weight excluding hydrogens is 435 g/mol. The topological polar surface area (TPSA) is 107 Å². The summed E-state index contributed by atoms with van der Waals surface area (Å²) in [6.07, 6.45) is 3.93. The van der Waals surface area contributed by atoms with Gasteiger partial charge in [0.2, 0.25) is 5.91 Å². The Bertz CT molecular complexity index is 1200. The van der Waals surface area contributed by atoms with E-state index < -0.39 is 22.3 Å². The van der Waals surface area contributed by atoms with Gasteiger partial charge in [-0.3, -0.25) is 24.3 Å². The number of halogens is 1. The van der Waals surface area contributed by atoms with Gasteiger partial charge in [-0.15, -0.1) is 0 Å². The number of hydrogen-bond donors (Lipinski definition) is 1. The Morgan fingerprint density at radius 2 is 2.00 bits per heavy atom. The number of hydrogen-bond acceptors (Lipinski definition) is 6. The second-order valence-corrected chi connectivity index (χ2v) is 8.13. The number of aromatic nitrogens is 2. The number of unbranched alkanes of at least 4 members (excludes halogenated alkanes) is 3. The summed E-state index contributed by atoms with van der Waals surface area (Å²) in [5.74, 6) is -1.41. The van der Waals surface area contributed by atoms with Crippen LogP contribution in [0.25, 0.3) is 10.9 Å². The van der Waals surface area contributed by atoms with Gasteiger partial charge in [0.1, 0.15) is 11.5 Å². The van der Waals surface area contributed by atoms with E-state index in [0.717, 1.165) is 55.6 Å². The van der Waals surface area contributed by atoms with Gasteiger partial charge in [-0.2, -0.15) is 0 Å². The lowest BCUT2D eigenvalue weighted by Crippen LogP contribution is -2.24. The lowest BCUT2D eigenvalue weighted by atomic mass is 10.2. The fraction of sp³-hybridized carbons (Fsp3) is 0.318. The van der Waals surface area contributed by atoms with Gasteiger partial charge in [0.25, 0.3) is 11.2 Å². The molecule has 0 saturated heterocycles. The van der Waals surface area contributed by atoms with Crippen molar-refractivity contribution in [2.24, 2.45) is 0 Å². The second kappa shape index (κ2) is 10.9. The Kier molecular flexibility index (Phi) is 7.93. The summed E-state index contributed by atoms with van der Waals surface area (Å²) in [4.78, 5) is 40.4. The molecule has 0 spiro atoms. The summed E-state index contributed by atoms with van der Waals surface area (Å²) in [5.41, 5.74) is -0.242. The molecule has 0 radical (unpaired) electrons. The van der Waals surface area contributed by atoms with Crippen LogP contribution < -0.4 is 10.9 Å². The summed E-state index contributed by atoms with van der Waals surface area (Å²) < 4.78 is 14.9. The van der Waals surface area contributed by atoms with E-state index in [1.54, 1.807) is 28.8 Å². The summed E-state index contributed by atoms with van der Waals surface area (Å²) in [6, 6.07) is 9.97. The zero-order valence-electron chi connectivity index (χ0n) is 17.5. The van der Waals surface area contributed by atoms with Crippen LogP contribution >= 0.6 is 11.8 Å². The highest BCUT2D eigenvalue weighted by atomic mass is 32.2. The highest BCUT2D eigenvalue weighted by Crippen LogP contribution is 2.26. The molecule has 168 valence electrons. The van der Waals surface area contributed by atoms with Crippen molar-refractivity contribution < 1.29 is 14.1 Å². The molecule has 32 heavy (non-hydrogen) atoms. The van der Waals surface area contributed by atoms with Gasteiger partial charge in [0, 0.05) is 6.54 Å². The minimum absolute atomic E-state index is 0.0922. The van der Waals surface area contributed by atoms with Crippen molar-refractivity contribution in [2.75, 3.05) is 11.1 Å². The first-order valence-electron chi connectivity index (χ1n) is 10.3. The summed E-state index contributed by atoms with van der Waals surface area (Å²) in [6.45, 7) is 2.60. The number of carbonyl (C=O) groups is 1. The Morgan fingerprint density at radius 3 is 2.75 bits per heavy atom. The van der Waals surface area contributed by atoms with Crippen LogP contribution in [-0.4, -0.2) is 26.1 Å². The number of amides is 1. The maximum Gasteiger partial charge on any atom is 0.295 e. The monoisotopic (exact) mass is 458 g/mol. The quantitative estimate of drug-likeness (QED) is 0.154. The minimum atomic E-state index is -0.767. The van der Waals surface area contributed by atoms with Crippen LogP contribution in [0.15, 0.2) is 52.4 Å². The molecule has 0 aliphatic carbocycles. The van der Waals surface area contributed by atoms with Gasteiger partial charge in [-0.05, 0) is 30.7 Å². The molecule has 1 heterocycles. The third-order valence-electron chi connectivity index (χ3n) is 4.82. The van der Waals surface area contributed by atoms with Crippen molar-refractivity contribution in [2.45, 2.75) is 44.3 Å². The van der Waals surface area contributed by atoms with E-state index in [1.165, 1.54) is 0 Å². The number of nitrogens with one attached hydrogen (secondary N) is 1. The average molecular weight is 459 g/mol. The van der Waals surface area contributed by atoms with Gasteiger partial charge >= 0.3 is 0 Å². The molecule has 0 fully saturated rings. The predicted octanol–water partition coefficient (Wildman–Crippen LogP) is 4.75. The molecule has 3 rings (SSSR count). The maximum atomic E-state index is 13.3. The van der Waals surface area contributed by atoms with E-state index in [0.29, 0.717) is 22.6 Å². The van der Waals surface area contributed by atoms with Gasteiger partial charge in [0.05, 0.1) is 27.6 Å². The molecule has 1 amide bonds. The number of nitro benzene ring substituents is 1. The largest absolute Gasteiger partial charge is 0.320 e. The Balaban J connectivity index is 1.79. The first-order chi connectivity index (χ1) is 15.4. The van der Waals surface area contributed by atoms with E-state index in [4.69, 9.17) is 0 Å². The normalized spacial score (nSPS) is 10.9. The van der Waals surface area contributed by atoms with Crippen molar-refractivity contribution in [1.29, 1.82) is 0 Å². The van der Waals surface area contributed by atoms with E-state index in [9.17, 15) is 24.1 Å². The Hall–Kier alpha value is -3.27. The van der Waals surface area contributed by atoms with E-state index >= 15 is 0 Å². The van der Waals surface area contributed by atoms with Crippen molar-refractivity contribution in [3.63, 3.8) is 0 Å². The third-order valence-corrected chi connectivity index (χ3v) is 5.80. The number of fused-ring (bicyclic) bond motifs is 1. The van der Waals surface area contributed by atoms with Crippen molar-refractivity contribution in [3.8, 4) is 0 Å². The molecule has 0 atom stereocenters. The SMILES string of the molecule is CCCCCCn1c(SCC(=O)Nc2ccc(F)cc2[N+](=O)[O-])nc2ccccc2c1=O. The molecule has 0 saturated carbocycles. The number of benzene rings is 2. The van der Waals surface area contributed by atoms with Crippen LogP contribution in [0.2, 0.25) is 0 Å². The van der Waals surface area contributed by atoms with Gasteiger partial charge in [-0.25, -0.2) is 9.37 Å². The lowest BCUT2D eigenvalue weighted by Gasteiger charge is -2.13. The number of carbonyl (C=O) groups excluding carboxylic acids is 1. The zero-order chi connectivity index (χ0) is 23.1. The Labute approximate surface area is 188 Å². The van der Waals surface area contributed by atoms with Crippen molar-refractivity contribution in [1.82, 2.24) is 9.55 Å². The number of nitro groups is 1. The maximum absolute atomic E-state index is 13.3. The second-order valence-electron chi connectivity index (χ2n) is 7.18. The van der Waals surface area contributed by atoms with Crippen LogP contribution in [0.1, 0.15) is 32.6 Å². The Morgan fingerprint density at radius 1 is 1.22 bits per heavy atom. The van der Waals surface area contributed by atoms with Crippen LogP contribution in [0.4, 0.5) is 15.8 Å². The van der Waals surface area contributed by atoms with Crippen LogP contribution in [-0.2, 0) is 11.3 Å². The molecule has 1 aromatic heterocycles. The van der Waals surface area contributed by atoms with E-state index in [-0.39, 0.29) is 17.0 Å². The van der Waals surface area contributed by atoms with Crippen LogP contribution in [0.5, 0.6) is 0 Å². The van der Waals surface area contributed by atoms with Crippen molar-refractivity contribution >= 4 is 39.9 Å². The summed E-state index contributed by atoms with van der Waals surface area (Å²) in [5, 5.41) is 14.5. The highest BCUT2D eigenvalue weighted by Gasteiger charge is 2.18. The molecule has 0 aliphatic rings. The van der Waals surface area contributed by atoms with Gasteiger partial charge in [-0.1, -0.05) is 50.1 Å². The number of para-hydroxylation sites is 1. The molecule has 1 N–H and O–H groups in total. The number of thioether (sulfide) groups is 1. The third kappa shape index (κ3) is 5.70. The van der Waals surface area contributed by atoms with Crippen LogP contribution in [0, 0.1) is 15.9 Å². The molecular formula is C22H23FN4O4S. The molecule has 10 heteroatoms. The van der Waals surface area contributed by atoms with Crippen molar-refractivity contribution in [3.05, 3.63) is 68.7 Å². The zero-order valence-corrected chi connectivity index (χ0v) is 18.4. The number of nitrogens with zero attached hydrogens (tertiary/aromatic N) is 3. The predicted molar refractivity (Wildman–Crippen MR) is 123 cm³/mol. The fourth-order valence-corrected chi connectivity index (χ4v) is 4.05. The standard InChI is InChI=1S/C22H23FN4O4S/c1-2-3-4-7-12-26-21(29)16-8-5-6-9-17(16)25-22(26)32-14-20(28)24-18-11-10-15(23)13-19(18)27(30)31/h5-6,8-11,13H,2-4,7,12,14H2,1H3,(H,24,28). The molecule has 8 nitrogen and oxygen atoms in total. The summed E-state index contributed by atoms with van der Waals surface area (Å²) >= 11 is 1.08. The van der Waals surface area contributed by atoms with E-state index in [2.05, 4.69) is 17.2 Å². The first-order valence-corrected chi connectivity index (χ1v) is 11.3. The molecule has 3 aromatic rings. The summed E-state index contributed by atoms with van der Waals surface area (Å²) in [7, 11) is 0. The lowest BCUT2D eigenvalue weighted by molar-refractivity contribution is -0.384. The average Bonchev–Trinajstić information content (AvgIpc) is 2.77.